The molecule has 1 aliphatic carbocycles. The zero-order valence-corrected chi connectivity index (χ0v) is 16.6. The maximum Gasteiger partial charge on any atom is 0.192 e. The van der Waals surface area contributed by atoms with Gasteiger partial charge in [0.2, 0.25) is 0 Å². The van der Waals surface area contributed by atoms with Gasteiger partial charge in [0, 0.05) is 13.1 Å². The third-order valence-electron chi connectivity index (χ3n) is 5.23. The monoisotopic (exact) mass is 335 g/mol. The Balaban J connectivity index is 1.85. The minimum Gasteiger partial charge on any atom is -0.497 e. The van der Waals surface area contributed by atoms with Gasteiger partial charge in [0.1, 0.15) is 5.75 Å². The van der Waals surface area contributed by atoms with Crippen LogP contribution in [0.15, 0.2) is 24.3 Å². The second-order valence-electron chi connectivity index (χ2n) is 8.23. The molecule has 130 valence electrons. The Hall–Kier alpha value is -0.843. The molecule has 1 saturated carbocycles. The van der Waals surface area contributed by atoms with Crippen LogP contribution in [0.5, 0.6) is 5.75 Å². The van der Waals surface area contributed by atoms with Gasteiger partial charge in [-0.05, 0) is 54.6 Å². The highest BCUT2D eigenvalue weighted by Crippen LogP contribution is 2.41. The number of hydrogen-bond acceptors (Lipinski definition) is 3. The van der Waals surface area contributed by atoms with E-state index in [1.807, 2.05) is 12.1 Å². The van der Waals surface area contributed by atoms with Crippen molar-refractivity contribution in [3.63, 3.8) is 0 Å². The standard InChI is InChI=1S/C19H33NO2Si/c1-19(2,3)23(5,6)22-18(16-9-10-16)14-20-13-15-7-11-17(21-4)12-8-15/h7-8,11-12,16,18,20H,9-10,13-14H2,1-6H3. The molecule has 0 heterocycles. The molecular weight excluding hydrogens is 302 g/mol. The van der Waals surface area contributed by atoms with E-state index < -0.39 is 8.32 Å². The number of ether oxygens (including phenoxy) is 1. The first kappa shape index (κ1) is 18.5. The zero-order chi connectivity index (χ0) is 17.1. The van der Waals surface area contributed by atoms with Crippen molar-refractivity contribution in [3.05, 3.63) is 29.8 Å². The third-order valence-corrected chi connectivity index (χ3v) is 9.74. The van der Waals surface area contributed by atoms with Crippen molar-refractivity contribution < 1.29 is 9.16 Å². The minimum absolute atomic E-state index is 0.274. The van der Waals surface area contributed by atoms with Crippen LogP contribution in [0, 0.1) is 5.92 Å². The van der Waals surface area contributed by atoms with E-state index in [1.54, 1.807) is 7.11 Å². The predicted octanol–water partition coefficient (Wildman–Crippen LogP) is 4.59. The van der Waals surface area contributed by atoms with Gasteiger partial charge in [-0.1, -0.05) is 32.9 Å². The van der Waals surface area contributed by atoms with Gasteiger partial charge in [-0.2, -0.15) is 0 Å². The van der Waals surface area contributed by atoms with Crippen LogP contribution in [-0.2, 0) is 11.0 Å². The minimum atomic E-state index is -1.69. The maximum absolute atomic E-state index is 6.66. The number of benzene rings is 1. The summed E-state index contributed by atoms with van der Waals surface area (Å²) in [5.41, 5.74) is 1.28. The molecule has 0 bridgehead atoms. The third kappa shape index (κ3) is 5.33. The Morgan fingerprint density at radius 2 is 1.78 bits per heavy atom. The lowest BCUT2D eigenvalue weighted by atomic mass is 10.2. The van der Waals surface area contributed by atoms with Crippen LogP contribution in [0.3, 0.4) is 0 Å². The summed E-state index contributed by atoms with van der Waals surface area (Å²) in [6.07, 6.45) is 3.02. The van der Waals surface area contributed by atoms with Gasteiger partial charge >= 0.3 is 0 Å². The molecule has 0 radical (unpaired) electrons. The van der Waals surface area contributed by atoms with E-state index in [9.17, 15) is 0 Å². The molecule has 23 heavy (non-hydrogen) atoms. The molecule has 1 N–H and O–H groups in total. The van der Waals surface area contributed by atoms with Crippen LogP contribution in [0.1, 0.15) is 39.2 Å². The van der Waals surface area contributed by atoms with Crippen molar-refractivity contribution in [3.8, 4) is 5.75 Å². The topological polar surface area (TPSA) is 30.5 Å². The van der Waals surface area contributed by atoms with Crippen LogP contribution in [0.2, 0.25) is 18.1 Å². The van der Waals surface area contributed by atoms with Crippen molar-refractivity contribution in [2.75, 3.05) is 13.7 Å². The van der Waals surface area contributed by atoms with Crippen LogP contribution < -0.4 is 10.1 Å². The highest BCUT2D eigenvalue weighted by atomic mass is 28.4. The molecule has 0 aromatic heterocycles. The molecule has 4 heteroatoms. The first-order valence-corrected chi connectivity index (χ1v) is 11.7. The van der Waals surface area contributed by atoms with Gasteiger partial charge in [0.15, 0.2) is 8.32 Å². The van der Waals surface area contributed by atoms with Gasteiger partial charge in [-0.25, -0.2) is 0 Å². The molecule has 1 unspecified atom stereocenters. The maximum atomic E-state index is 6.66. The molecular formula is C19H33NO2Si. The molecule has 1 aromatic rings. The van der Waals surface area contributed by atoms with Gasteiger partial charge in [-0.3, -0.25) is 0 Å². The summed E-state index contributed by atoms with van der Waals surface area (Å²) in [4.78, 5) is 0. The van der Waals surface area contributed by atoms with Crippen molar-refractivity contribution in [1.82, 2.24) is 5.32 Å². The van der Waals surface area contributed by atoms with Gasteiger partial charge in [0.05, 0.1) is 13.2 Å². The van der Waals surface area contributed by atoms with Crippen molar-refractivity contribution in [2.45, 2.75) is 64.4 Å². The second-order valence-corrected chi connectivity index (χ2v) is 13.0. The van der Waals surface area contributed by atoms with Gasteiger partial charge < -0.3 is 14.5 Å². The van der Waals surface area contributed by atoms with Gasteiger partial charge in [0.25, 0.3) is 0 Å². The van der Waals surface area contributed by atoms with Crippen LogP contribution in [-0.4, -0.2) is 28.1 Å². The lowest BCUT2D eigenvalue weighted by molar-refractivity contribution is 0.155. The quantitative estimate of drug-likeness (QED) is 0.705. The number of rotatable bonds is 8. The fourth-order valence-electron chi connectivity index (χ4n) is 2.43. The SMILES string of the molecule is COc1ccc(CNCC(O[Si](C)(C)C(C)(C)C)C2CC2)cc1. The highest BCUT2D eigenvalue weighted by Gasteiger charge is 2.42. The van der Waals surface area contributed by atoms with E-state index in [0.29, 0.717) is 6.10 Å². The molecule has 0 spiro atoms. The number of hydrogen-bond donors (Lipinski definition) is 1. The summed E-state index contributed by atoms with van der Waals surface area (Å²) >= 11 is 0. The summed E-state index contributed by atoms with van der Waals surface area (Å²) in [7, 11) is 0.0111. The predicted molar refractivity (Wildman–Crippen MR) is 99.5 cm³/mol. The fraction of sp³-hybridized carbons (Fsp3) is 0.684. The van der Waals surface area contributed by atoms with E-state index in [0.717, 1.165) is 24.8 Å². The number of methoxy groups -OCH3 is 1. The summed E-state index contributed by atoms with van der Waals surface area (Å²) in [5.74, 6) is 1.67. The Morgan fingerprint density at radius 3 is 2.26 bits per heavy atom. The summed E-state index contributed by atoms with van der Waals surface area (Å²) in [5, 5.41) is 3.86. The van der Waals surface area contributed by atoms with Crippen LogP contribution >= 0.6 is 0 Å². The molecule has 0 aliphatic heterocycles. The van der Waals surface area contributed by atoms with E-state index >= 15 is 0 Å². The molecule has 3 nitrogen and oxygen atoms in total. The molecule has 1 aliphatic rings. The zero-order valence-electron chi connectivity index (χ0n) is 15.6. The van der Waals surface area contributed by atoms with E-state index in [4.69, 9.17) is 9.16 Å². The Bertz CT molecular complexity index is 489. The van der Waals surface area contributed by atoms with E-state index in [-0.39, 0.29) is 5.04 Å². The molecule has 1 atom stereocenters. The lowest BCUT2D eigenvalue weighted by Gasteiger charge is -2.39. The Morgan fingerprint density at radius 1 is 1.17 bits per heavy atom. The summed E-state index contributed by atoms with van der Waals surface area (Å²) < 4.78 is 11.9. The lowest BCUT2D eigenvalue weighted by Crippen LogP contribution is -2.47. The van der Waals surface area contributed by atoms with Crippen molar-refractivity contribution in [1.29, 1.82) is 0 Å². The van der Waals surface area contributed by atoms with Crippen molar-refractivity contribution in [2.24, 2.45) is 5.92 Å². The van der Waals surface area contributed by atoms with Crippen molar-refractivity contribution >= 4 is 8.32 Å². The summed E-state index contributed by atoms with van der Waals surface area (Å²) in [6.45, 7) is 13.5. The molecule has 0 amide bonds. The fourth-order valence-corrected chi connectivity index (χ4v) is 3.82. The molecule has 1 aromatic carbocycles. The largest absolute Gasteiger partial charge is 0.497 e. The average molecular weight is 336 g/mol. The number of nitrogens with one attached hydrogen (secondary N) is 1. The summed E-state index contributed by atoms with van der Waals surface area (Å²) in [6, 6.07) is 8.27. The first-order chi connectivity index (χ1) is 10.7. The van der Waals surface area contributed by atoms with Gasteiger partial charge in [-0.15, -0.1) is 0 Å². The Kier molecular flexibility index (Phi) is 5.92. The molecule has 0 saturated heterocycles. The van der Waals surface area contributed by atoms with Crippen LogP contribution in [0.4, 0.5) is 0 Å². The highest BCUT2D eigenvalue weighted by molar-refractivity contribution is 6.74. The van der Waals surface area contributed by atoms with E-state index in [2.05, 4.69) is 51.3 Å². The Labute approximate surface area is 142 Å². The smallest absolute Gasteiger partial charge is 0.192 e. The first-order valence-electron chi connectivity index (χ1n) is 8.74. The second kappa shape index (κ2) is 7.37. The molecule has 1 fully saturated rings. The molecule has 2 rings (SSSR count). The average Bonchev–Trinajstić information content (AvgIpc) is 3.30. The van der Waals surface area contributed by atoms with Crippen LogP contribution in [0.25, 0.3) is 0 Å². The normalized spacial score (nSPS) is 17.1. The van der Waals surface area contributed by atoms with E-state index in [1.165, 1.54) is 18.4 Å².